The Bertz CT molecular complexity index is 827. The molecule has 0 N–H and O–H groups in total. The van der Waals surface area contributed by atoms with E-state index in [1.807, 2.05) is 37.3 Å². The van der Waals surface area contributed by atoms with Crippen molar-refractivity contribution in [2.45, 2.75) is 6.92 Å². The highest BCUT2D eigenvalue weighted by Gasteiger charge is 2.09. The Labute approximate surface area is 110 Å². The summed E-state index contributed by atoms with van der Waals surface area (Å²) >= 11 is 0. The summed E-state index contributed by atoms with van der Waals surface area (Å²) in [5.41, 5.74) is 4.98. The van der Waals surface area contributed by atoms with Gasteiger partial charge in [-0.25, -0.2) is 4.79 Å². The van der Waals surface area contributed by atoms with Crippen molar-refractivity contribution >= 4 is 11.0 Å². The van der Waals surface area contributed by atoms with Crippen LogP contribution in [0.15, 0.2) is 41.3 Å². The summed E-state index contributed by atoms with van der Waals surface area (Å²) in [5.74, 6) is 0. The van der Waals surface area contributed by atoms with Gasteiger partial charge in [0.1, 0.15) is 0 Å². The van der Waals surface area contributed by atoms with Crippen LogP contribution < -0.4 is 5.69 Å². The maximum atomic E-state index is 11.9. The van der Waals surface area contributed by atoms with Gasteiger partial charge in [-0.1, -0.05) is 6.07 Å². The smallest absolute Gasteiger partial charge is 0.295 e. The summed E-state index contributed by atoms with van der Waals surface area (Å²) in [6.45, 7) is 2.04. The monoisotopic (exact) mass is 253 g/mol. The number of benzene rings is 1. The molecule has 0 unspecified atom stereocenters. The van der Waals surface area contributed by atoms with Crippen LogP contribution in [0.1, 0.15) is 5.56 Å². The second-order valence-electron chi connectivity index (χ2n) is 4.82. The van der Waals surface area contributed by atoms with Crippen molar-refractivity contribution in [3.8, 4) is 11.3 Å². The van der Waals surface area contributed by atoms with Gasteiger partial charge in [-0.15, -0.1) is 0 Å². The summed E-state index contributed by atoms with van der Waals surface area (Å²) in [5, 5.41) is 0. The number of imidazole rings is 1. The zero-order valence-corrected chi connectivity index (χ0v) is 11.2. The molecule has 0 bridgehead atoms. The first kappa shape index (κ1) is 11.7. The lowest BCUT2D eigenvalue weighted by atomic mass is 10.1. The molecule has 0 amide bonds. The maximum Gasteiger partial charge on any atom is 0.328 e. The molecule has 3 rings (SSSR count). The lowest BCUT2D eigenvalue weighted by Crippen LogP contribution is -2.19. The molecular formula is C15H15N3O. The zero-order chi connectivity index (χ0) is 13.6. The Hall–Kier alpha value is -2.36. The summed E-state index contributed by atoms with van der Waals surface area (Å²) in [7, 11) is 3.58. The number of fused-ring (bicyclic) bond motifs is 1. The zero-order valence-electron chi connectivity index (χ0n) is 11.2. The maximum absolute atomic E-state index is 11.9. The largest absolute Gasteiger partial charge is 0.328 e. The Morgan fingerprint density at radius 3 is 2.47 bits per heavy atom. The molecule has 3 aromatic rings. The van der Waals surface area contributed by atoms with Gasteiger partial charge in [-0.3, -0.25) is 14.1 Å². The van der Waals surface area contributed by atoms with Crippen molar-refractivity contribution in [2.75, 3.05) is 0 Å². The van der Waals surface area contributed by atoms with E-state index in [0.717, 1.165) is 22.3 Å². The minimum Gasteiger partial charge on any atom is -0.295 e. The Morgan fingerprint density at radius 1 is 1.00 bits per heavy atom. The summed E-state index contributed by atoms with van der Waals surface area (Å²) in [4.78, 5) is 16.3. The second-order valence-corrected chi connectivity index (χ2v) is 4.82. The van der Waals surface area contributed by atoms with Gasteiger partial charge < -0.3 is 0 Å². The molecule has 0 aliphatic carbocycles. The van der Waals surface area contributed by atoms with E-state index in [1.54, 1.807) is 29.4 Å². The minimum atomic E-state index is -0.00986. The number of rotatable bonds is 1. The lowest BCUT2D eigenvalue weighted by Gasteiger charge is -2.03. The molecular weight excluding hydrogens is 238 g/mol. The fourth-order valence-corrected chi connectivity index (χ4v) is 2.36. The standard InChI is InChI=1S/C15H15N3O/c1-10-6-7-16-12(8-10)11-4-5-13-14(9-11)18(3)15(19)17(13)2/h4-9H,1-3H3. The molecule has 0 fully saturated rings. The summed E-state index contributed by atoms with van der Waals surface area (Å²) in [6, 6.07) is 10.0. The van der Waals surface area contributed by atoms with Crippen LogP contribution in [0.4, 0.5) is 0 Å². The third-order valence-electron chi connectivity index (χ3n) is 3.48. The van der Waals surface area contributed by atoms with E-state index in [-0.39, 0.29) is 5.69 Å². The lowest BCUT2D eigenvalue weighted by molar-refractivity contribution is 0.795. The second kappa shape index (κ2) is 4.09. The van der Waals surface area contributed by atoms with Crippen molar-refractivity contribution in [2.24, 2.45) is 14.1 Å². The summed E-state index contributed by atoms with van der Waals surface area (Å²) in [6.07, 6.45) is 1.80. The number of hydrogen-bond donors (Lipinski definition) is 0. The molecule has 4 nitrogen and oxygen atoms in total. The van der Waals surface area contributed by atoms with Crippen LogP contribution in [0.5, 0.6) is 0 Å². The summed E-state index contributed by atoms with van der Waals surface area (Å²) < 4.78 is 3.32. The van der Waals surface area contributed by atoms with Gasteiger partial charge >= 0.3 is 5.69 Å². The predicted octanol–water partition coefficient (Wildman–Crippen LogP) is 2.25. The molecule has 4 heteroatoms. The number of aryl methyl sites for hydroxylation is 3. The Balaban J connectivity index is 2.28. The fraction of sp³-hybridized carbons (Fsp3) is 0.200. The average molecular weight is 253 g/mol. The molecule has 0 radical (unpaired) electrons. The van der Waals surface area contributed by atoms with E-state index >= 15 is 0 Å². The average Bonchev–Trinajstić information content (AvgIpc) is 2.64. The van der Waals surface area contributed by atoms with Crippen molar-refractivity contribution in [3.05, 3.63) is 52.6 Å². The van der Waals surface area contributed by atoms with E-state index in [9.17, 15) is 4.79 Å². The molecule has 0 saturated carbocycles. The van der Waals surface area contributed by atoms with Crippen LogP contribution in [0, 0.1) is 6.92 Å². The van der Waals surface area contributed by atoms with Crippen molar-refractivity contribution < 1.29 is 0 Å². The van der Waals surface area contributed by atoms with Crippen LogP contribution in [0.2, 0.25) is 0 Å². The van der Waals surface area contributed by atoms with E-state index in [0.29, 0.717) is 0 Å². The first-order chi connectivity index (χ1) is 9.08. The molecule has 1 aromatic carbocycles. The SMILES string of the molecule is Cc1ccnc(-c2ccc3c(c2)n(C)c(=O)n3C)c1. The van der Waals surface area contributed by atoms with Crippen LogP contribution in [0.3, 0.4) is 0 Å². The molecule has 19 heavy (non-hydrogen) atoms. The molecule has 0 saturated heterocycles. The Morgan fingerprint density at radius 2 is 1.74 bits per heavy atom. The van der Waals surface area contributed by atoms with Crippen molar-refractivity contribution in [1.82, 2.24) is 14.1 Å². The number of nitrogens with zero attached hydrogens (tertiary/aromatic N) is 3. The molecule has 2 heterocycles. The fourth-order valence-electron chi connectivity index (χ4n) is 2.36. The first-order valence-corrected chi connectivity index (χ1v) is 6.16. The van der Waals surface area contributed by atoms with Crippen LogP contribution in [-0.2, 0) is 14.1 Å². The van der Waals surface area contributed by atoms with Crippen LogP contribution in [-0.4, -0.2) is 14.1 Å². The topological polar surface area (TPSA) is 39.8 Å². The predicted molar refractivity (Wildman–Crippen MR) is 76.1 cm³/mol. The van der Waals surface area contributed by atoms with Gasteiger partial charge in [-0.05, 0) is 36.8 Å². The molecule has 0 aliphatic rings. The third-order valence-corrected chi connectivity index (χ3v) is 3.48. The van der Waals surface area contributed by atoms with Crippen LogP contribution >= 0.6 is 0 Å². The van der Waals surface area contributed by atoms with E-state index in [4.69, 9.17) is 0 Å². The van der Waals surface area contributed by atoms with Gasteiger partial charge in [0.05, 0.1) is 16.7 Å². The van der Waals surface area contributed by atoms with Crippen molar-refractivity contribution in [1.29, 1.82) is 0 Å². The highest BCUT2D eigenvalue weighted by atomic mass is 16.1. The molecule has 96 valence electrons. The van der Waals surface area contributed by atoms with Gasteiger partial charge in [0.2, 0.25) is 0 Å². The van der Waals surface area contributed by atoms with Crippen molar-refractivity contribution in [3.63, 3.8) is 0 Å². The number of aromatic nitrogens is 3. The molecule has 0 atom stereocenters. The van der Waals surface area contributed by atoms with Gasteiger partial charge in [0.15, 0.2) is 0 Å². The molecule has 0 spiro atoms. The third kappa shape index (κ3) is 1.76. The molecule has 0 aliphatic heterocycles. The number of hydrogen-bond acceptors (Lipinski definition) is 2. The van der Waals surface area contributed by atoms with Gasteiger partial charge in [-0.2, -0.15) is 0 Å². The van der Waals surface area contributed by atoms with Gasteiger partial charge in [0, 0.05) is 25.9 Å². The normalized spacial score (nSPS) is 11.1. The highest BCUT2D eigenvalue weighted by molar-refractivity contribution is 5.81. The van der Waals surface area contributed by atoms with E-state index < -0.39 is 0 Å². The highest BCUT2D eigenvalue weighted by Crippen LogP contribution is 2.22. The van der Waals surface area contributed by atoms with E-state index in [1.165, 1.54) is 5.56 Å². The van der Waals surface area contributed by atoms with Crippen LogP contribution in [0.25, 0.3) is 22.3 Å². The Kier molecular flexibility index (Phi) is 2.52. The quantitative estimate of drug-likeness (QED) is 0.667. The number of pyridine rings is 1. The first-order valence-electron chi connectivity index (χ1n) is 6.16. The minimum absolute atomic E-state index is 0.00986. The van der Waals surface area contributed by atoms with Gasteiger partial charge in [0.25, 0.3) is 0 Å². The molecule has 2 aromatic heterocycles. The van der Waals surface area contributed by atoms with E-state index in [2.05, 4.69) is 4.98 Å².